The lowest BCUT2D eigenvalue weighted by atomic mass is 10.1. The first-order valence-corrected chi connectivity index (χ1v) is 8.32. The highest BCUT2D eigenvalue weighted by molar-refractivity contribution is 7.89. The minimum atomic E-state index is -3.41. The number of hydrogen-bond acceptors (Lipinski definition) is 4. The average molecular weight is 300 g/mol. The van der Waals surface area contributed by atoms with Gasteiger partial charge in [0, 0.05) is 44.6 Å². The zero-order chi connectivity index (χ0) is 14.9. The number of aryl methyl sites for hydroxylation is 1. The van der Waals surface area contributed by atoms with Crippen LogP contribution in [0.15, 0.2) is 17.2 Å². The molecule has 1 fully saturated rings. The molecule has 1 aliphatic heterocycles. The highest BCUT2D eigenvalue weighted by Crippen LogP contribution is 2.23. The molecule has 1 aromatic heterocycles. The second kappa shape index (κ2) is 5.85. The van der Waals surface area contributed by atoms with Crippen molar-refractivity contribution in [1.29, 1.82) is 0 Å². The number of aromatic nitrogens is 1. The Hall–Kier alpha value is -0.890. The van der Waals surface area contributed by atoms with Gasteiger partial charge in [0.05, 0.1) is 0 Å². The number of hydrogen-bond donors (Lipinski definition) is 1. The van der Waals surface area contributed by atoms with Crippen LogP contribution in [0, 0.1) is 0 Å². The molecular formula is C13H24N4O2S. The Morgan fingerprint density at radius 2 is 2.15 bits per heavy atom. The third-order valence-corrected chi connectivity index (χ3v) is 5.85. The van der Waals surface area contributed by atoms with Crippen molar-refractivity contribution in [2.75, 3.05) is 27.2 Å². The van der Waals surface area contributed by atoms with Crippen molar-refractivity contribution in [3.8, 4) is 0 Å². The zero-order valence-electron chi connectivity index (χ0n) is 12.4. The fraction of sp³-hybridized carbons (Fsp3) is 0.692. The van der Waals surface area contributed by atoms with Crippen LogP contribution in [-0.2, 0) is 23.6 Å². The van der Waals surface area contributed by atoms with Crippen molar-refractivity contribution >= 4 is 10.0 Å². The highest BCUT2D eigenvalue weighted by atomic mass is 32.2. The Balaban J connectivity index is 2.25. The summed E-state index contributed by atoms with van der Waals surface area (Å²) in [5.41, 5.74) is 6.44. The Kier molecular flexibility index (Phi) is 4.53. The van der Waals surface area contributed by atoms with E-state index >= 15 is 0 Å². The molecule has 0 spiro atoms. The molecule has 0 bridgehead atoms. The van der Waals surface area contributed by atoms with Crippen LogP contribution in [-0.4, -0.2) is 55.4 Å². The fourth-order valence-electron chi connectivity index (χ4n) is 2.63. The maximum absolute atomic E-state index is 12.7. The van der Waals surface area contributed by atoms with Crippen LogP contribution in [0.5, 0.6) is 0 Å². The van der Waals surface area contributed by atoms with Gasteiger partial charge in [0.15, 0.2) is 0 Å². The number of piperidine rings is 1. The maximum Gasteiger partial charge on any atom is 0.244 e. The van der Waals surface area contributed by atoms with E-state index in [-0.39, 0.29) is 6.04 Å². The lowest BCUT2D eigenvalue weighted by Crippen LogP contribution is -2.47. The quantitative estimate of drug-likeness (QED) is 0.862. The lowest BCUT2D eigenvalue weighted by Gasteiger charge is -2.35. The van der Waals surface area contributed by atoms with Gasteiger partial charge >= 0.3 is 0 Å². The third kappa shape index (κ3) is 2.90. The summed E-state index contributed by atoms with van der Waals surface area (Å²) in [6, 6.07) is 1.96. The van der Waals surface area contributed by atoms with E-state index in [1.54, 1.807) is 21.1 Å². The summed E-state index contributed by atoms with van der Waals surface area (Å²) >= 11 is 0. The summed E-state index contributed by atoms with van der Waals surface area (Å²) in [6.45, 7) is 1.49. The van der Waals surface area contributed by atoms with Gasteiger partial charge in [0.25, 0.3) is 0 Å². The van der Waals surface area contributed by atoms with E-state index in [2.05, 4.69) is 4.90 Å². The Morgan fingerprint density at radius 1 is 1.45 bits per heavy atom. The van der Waals surface area contributed by atoms with Gasteiger partial charge in [0.2, 0.25) is 10.0 Å². The summed E-state index contributed by atoms with van der Waals surface area (Å²) < 4.78 is 28.8. The normalized spacial score (nSPS) is 21.6. The van der Waals surface area contributed by atoms with Crippen molar-refractivity contribution < 1.29 is 8.42 Å². The lowest BCUT2D eigenvalue weighted by molar-refractivity contribution is 0.190. The van der Waals surface area contributed by atoms with E-state index in [0.29, 0.717) is 24.5 Å². The van der Waals surface area contributed by atoms with Gasteiger partial charge in [-0.2, -0.15) is 4.31 Å². The molecule has 7 heteroatoms. The van der Waals surface area contributed by atoms with Crippen LogP contribution in [0.1, 0.15) is 18.5 Å². The van der Waals surface area contributed by atoms with Crippen LogP contribution in [0.2, 0.25) is 0 Å². The second-order valence-corrected chi connectivity index (χ2v) is 7.54. The molecule has 1 saturated heterocycles. The standard InChI is InChI=1S/C13H24N4O2S/c1-15(2)11-5-4-6-17(9-11)20(18,19)13-7-12(8-14)16(3)10-13/h7,10-11H,4-6,8-9,14H2,1-3H3. The molecule has 6 nitrogen and oxygen atoms in total. The van der Waals surface area contributed by atoms with E-state index in [1.807, 2.05) is 21.1 Å². The van der Waals surface area contributed by atoms with Gasteiger partial charge in [-0.3, -0.25) is 0 Å². The van der Waals surface area contributed by atoms with Crippen LogP contribution in [0.25, 0.3) is 0 Å². The number of nitrogens with two attached hydrogens (primary N) is 1. The van der Waals surface area contributed by atoms with Crippen molar-refractivity contribution in [2.45, 2.75) is 30.3 Å². The first-order valence-electron chi connectivity index (χ1n) is 6.88. The Labute approximate surface area is 121 Å². The monoisotopic (exact) mass is 300 g/mol. The molecule has 20 heavy (non-hydrogen) atoms. The molecule has 2 N–H and O–H groups in total. The molecule has 1 unspecified atom stereocenters. The number of likely N-dealkylation sites (N-methyl/N-ethyl adjacent to an activating group) is 1. The van der Waals surface area contributed by atoms with Crippen molar-refractivity contribution in [1.82, 2.24) is 13.8 Å². The van der Waals surface area contributed by atoms with Gasteiger partial charge in [0.1, 0.15) is 4.90 Å². The molecule has 0 saturated carbocycles. The van der Waals surface area contributed by atoms with Gasteiger partial charge in [-0.1, -0.05) is 0 Å². The maximum atomic E-state index is 12.7. The van der Waals surface area contributed by atoms with Crippen molar-refractivity contribution in [2.24, 2.45) is 12.8 Å². The Morgan fingerprint density at radius 3 is 2.70 bits per heavy atom. The summed E-state index contributed by atoms with van der Waals surface area (Å²) in [7, 11) is 2.40. The van der Waals surface area contributed by atoms with Crippen LogP contribution >= 0.6 is 0 Å². The average Bonchev–Trinajstić information content (AvgIpc) is 2.81. The SMILES string of the molecule is CN(C)C1CCCN(S(=O)(=O)c2cc(CN)n(C)c2)C1. The molecule has 114 valence electrons. The molecular weight excluding hydrogens is 276 g/mol. The van der Waals surface area contributed by atoms with E-state index in [4.69, 9.17) is 5.73 Å². The molecule has 1 aromatic rings. The van der Waals surface area contributed by atoms with E-state index < -0.39 is 10.0 Å². The molecule has 1 aliphatic rings. The largest absolute Gasteiger partial charge is 0.352 e. The second-order valence-electron chi connectivity index (χ2n) is 5.60. The summed E-state index contributed by atoms with van der Waals surface area (Å²) in [5.74, 6) is 0. The molecule has 2 heterocycles. The van der Waals surface area contributed by atoms with Gasteiger partial charge in [-0.05, 0) is 33.0 Å². The van der Waals surface area contributed by atoms with Crippen LogP contribution < -0.4 is 5.73 Å². The molecule has 0 aromatic carbocycles. The first-order chi connectivity index (χ1) is 9.36. The van der Waals surface area contributed by atoms with Crippen LogP contribution in [0.4, 0.5) is 0 Å². The number of sulfonamides is 1. The van der Waals surface area contributed by atoms with Crippen molar-refractivity contribution in [3.05, 3.63) is 18.0 Å². The third-order valence-electron chi connectivity index (χ3n) is 4.02. The minimum absolute atomic E-state index is 0.288. The summed E-state index contributed by atoms with van der Waals surface area (Å²) in [6.07, 6.45) is 3.59. The van der Waals surface area contributed by atoms with E-state index in [9.17, 15) is 8.42 Å². The topological polar surface area (TPSA) is 71.6 Å². The van der Waals surface area contributed by atoms with Gasteiger partial charge in [-0.25, -0.2) is 8.42 Å². The highest BCUT2D eigenvalue weighted by Gasteiger charge is 2.31. The minimum Gasteiger partial charge on any atom is -0.352 e. The van der Waals surface area contributed by atoms with Gasteiger partial charge in [-0.15, -0.1) is 0 Å². The predicted molar refractivity (Wildman–Crippen MR) is 78.8 cm³/mol. The first kappa shape index (κ1) is 15.5. The molecule has 1 atom stereocenters. The van der Waals surface area contributed by atoms with Crippen molar-refractivity contribution in [3.63, 3.8) is 0 Å². The molecule has 0 amide bonds. The van der Waals surface area contributed by atoms with Gasteiger partial charge < -0.3 is 15.2 Å². The summed E-state index contributed by atoms with van der Waals surface area (Å²) in [5, 5.41) is 0. The van der Waals surface area contributed by atoms with Crippen LogP contribution in [0.3, 0.4) is 0 Å². The zero-order valence-corrected chi connectivity index (χ0v) is 13.2. The predicted octanol–water partition coefficient (Wildman–Crippen LogP) is 0.199. The van der Waals surface area contributed by atoms with E-state index in [0.717, 1.165) is 18.5 Å². The molecule has 0 radical (unpaired) electrons. The number of nitrogens with zero attached hydrogens (tertiary/aromatic N) is 3. The molecule has 0 aliphatic carbocycles. The smallest absolute Gasteiger partial charge is 0.244 e. The fourth-order valence-corrected chi connectivity index (χ4v) is 4.24. The summed E-state index contributed by atoms with van der Waals surface area (Å²) in [4.78, 5) is 2.44. The Bertz CT molecular complexity index is 565. The number of rotatable bonds is 4. The molecule has 2 rings (SSSR count). The van der Waals surface area contributed by atoms with E-state index in [1.165, 1.54) is 0 Å².